The van der Waals surface area contributed by atoms with Crippen molar-refractivity contribution < 1.29 is 4.74 Å². The molecule has 0 spiro atoms. The van der Waals surface area contributed by atoms with Gasteiger partial charge in [0.2, 0.25) is 0 Å². The van der Waals surface area contributed by atoms with Crippen LogP contribution >= 0.6 is 34.5 Å². The lowest BCUT2D eigenvalue weighted by molar-refractivity contribution is 0.303. The number of halogens is 2. The summed E-state index contributed by atoms with van der Waals surface area (Å²) in [7, 11) is 0. The van der Waals surface area contributed by atoms with Crippen molar-refractivity contribution in [2.75, 3.05) is 0 Å². The van der Waals surface area contributed by atoms with E-state index >= 15 is 0 Å². The quantitative estimate of drug-likeness (QED) is 0.753. The smallest absolute Gasteiger partial charge is 0.143 e. The molecule has 0 saturated heterocycles. The van der Waals surface area contributed by atoms with Crippen LogP contribution in [0, 0.1) is 0 Å². The van der Waals surface area contributed by atoms with E-state index in [4.69, 9.17) is 33.7 Å². The van der Waals surface area contributed by atoms with Gasteiger partial charge in [-0.2, -0.15) is 0 Å². The Kier molecular flexibility index (Phi) is 4.31. The zero-order chi connectivity index (χ0) is 14.8. The van der Waals surface area contributed by atoms with Crippen LogP contribution < -0.4 is 10.5 Å². The Hall–Kier alpha value is -1.33. The first-order valence-corrected chi connectivity index (χ1v) is 7.90. The molecule has 3 nitrogen and oxygen atoms in total. The van der Waals surface area contributed by atoms with Crippen molar-refractivity contribution in [3.63, 3.8) is 0 Å². The molecule has 0 aliphatic rings. The van der Waals surface area contributed by atoms with E-state index in [2.05, 4.69) is 4.98 Å². The van der Waals surface area contributed by atoms with Crippen LogP contribution in [0.5, 0.6) is 5.75 Å². The number of fused-ring (bicyclic) bond motifs is 1. The van der Waals surface area contributed by atoms with E-state index in [1.165, 1.54) is 0 Å². The minimum absolute atomic E-state index is 0.315. The third-order valence-electron chi connectivity index (χ3n) is 2.98. The summed E-state index contributed by atoms with van der Waals surface area (Å²) in [5.74, 6) is 0.572. The van der Waals surface area contributed by atoms with E-state index in [-0.39, 0.29) is 0 Å². The topological polar surface area (TPSA) is 48.1 Å². The number of hydrogen-bond acceptors (Lipinski definition) is 4. The molecule has 0 aliphatic heterocycles. The summed E-state index contributed by atoms with van der Waals surface area (Å²) in [6, 6.07) is 11.4. The summed E-state index contributed by atoms with van der Waals surface area (Å²) < 4.78 is 6.94. The Morgan fingerprint density at radius 2 is 2.00 bits per heavy atom. The van der Waals surface area contributed by atoms with E-state index in [0.29, 0.717) is 28.9 Å². The van der Waals surface area contributed by atoms with Crippen LogP contribution in [0.15, 0.2) is 36.4 Å². The van der Waals surface area contributed by atoms with Crippen LogP contribution in [-0.4, -0.2) is 4.98 Å². The van der Waals surface area contributed by atoms with Crippen molar-refractivity contribution in [3.8, 4) is 5.75 Å². The molecule has 6 heteroatoms. The second-order valence-electron chi connectivity index (χ2n) is 4.44. The van der Waals surface area contributed by atoms with Crippen LogP contribution in [-0.2, 0) is 13.2 Å². The number of ether oxygens (including phenoxy) is 1. The highest BCUT2D eigenvalue weighted by Gasteiger charge is 2.11. The molecule has 2 aromatic carbocycles. The number of thiazole rings is 1. The summed E-state index contributed by atoms with van der Waals surface area (Å²) in [6.07, 6.45) is 0. The first kappa shape index (κ1) is 14.6. The van der Waals surface area contributed by atoms with E-state index < -0.39 is 0 Å². The van der Waals surface area contributed by atoms with Gasteiger partial charge in [-0.1, -0.05) is 35.3 Å². The predicted molar refractivity (Wildman–Crippen MR) is 88.3 cm³/mol. The number of nitrogens with zero attached hydrogens (tertiary/aromatic N) is 1. The third-order valence-corrected chi connectivity index (χ3v) is 4.49. The second-order valence-corrected chi connectivity index (χ2v) is 6.40. The van der Waals surface area contributed by atoms with Gasteiger partial charge < -0.3 is 10.5 Å². The van der Waals surface area contributed by atoms with Crippen LogP contribution in [0.1, 0.15) is 10.6 Å². The Balaban J connectivity index is 1.84. The third kappa shape index (κ3) is 3.14. The average Bonchev–Trinajstić information content (AvgIpc) is 2.88. The van der Waals surface area contributed by atoms with E-state index in [1.807, 2.05) is 24.3 Å². The Morgan fingerprint density at radius 1 is 1.19 bits per heavy atom. The standard InChI is InChI=1S/C15H12Cl2N2OS/c16-10-5-9(7-18)15(11(17)6-10)20-8-14-19-12-3-1-2-4-13(12)21-14/h1-6H,7-8,18H2. The van der Waals surface area contributed by atoms with Crippen LogP contribution in [0.2, 0.25) is 10.0 Å². The first-order chi connectivity index (χ1) is 10.2. The largest absolute Gasteiger partial charge is 0.485 e. The van der Waals surface area contributed by atoms with Crippen molar-refractivity contribution in [1.82, 2.24) is 4.98 Å². The van der Waals surface area contributed by atoms with E-state index in [9.17, 15) is 0 Å². The maximum Gasteiger partial charge on any atom is 0.143 e. The fourth-order valence-corrected chi connectivity index (χ4v) is 3.51. The van der Waals surface area contributed by atoms with Crippen molar-refractivity contribution >= 4 is 44.8 Å². The SMILES string of the molecule is NCc1cc(Cl)cc(Cl)c1OCc1nc2ccccc2s1. The molecular weight excluding hydrogens is 327 g/mol. The molecule has 0 unspecified atom stereocenters. The minimum atomic E-state index is 0.315. The van der Waals surface area contributed by atoms with Gasteiger partial charge in [-0.05, 0) is 24.3 Å². The number of nitrogens with two attached hydrogens (primary N) is 1. The molecule has 3 rings (SSSR count). The summed E-state index contributed by atoms with van der Waals surface area (Å²) >= 11 is 13.7. The molecule has 21 heavy (non-hydrogen) atoms. The lowest BCUT2D eigenvalue weighted by Gasteiger charge is -2.11. The average molecular weight is 339 g/mol. The molecule has 0 atom stereocenters. The van der Waals surface area contributed by atoms with Gasteiger partial charge in [-0.25, -0.2) is 4.98 Å². The molecule has 3 aromatic rings. The Bertz CT molecular complexity index is 755. The Labute approximate surface area is 136 Å². The van der Waals surface area contributed by atoms with Gasteiger partial charge in [0.25, 0.3) is 0 Å². The van der Waals surface area contributed by atoms with Crippen molar-refractivity contribution in [3.05, 3.63) is 57.0 Å². The summed E-state index contributed by atoms with van der Waals surface area (Å²) in [5.41, 5.74) is 7.47. The van der Waals surface area contributed by atoms with Gasteiger partial charge in [-0.15, -0.1) is 11.3 Å². The molecular formula is C15H12Cl2N2OS. The maximum absolute atomic E-state index is 6.18. The highest BCUT2D eigenvalue weighted by molar-refractivity contribution is 7.18. The number of aromatic nitrogens is 1. The molecule has 2 N–H and O–H groups in total. The second kappa shape index (κ2) is 6.20. The zero-order valence-electron chi connectivity index (χ0n) is 11.0. The van der Waals surface area contributed by atoms with Crippen molar-refractivity contribution in [2.45, 2.75) is 13.2 Å². The summed E-state index contributed by atoms with van der Waals surface area (Å²) in [4.78, 5) is 4.52. The molecule has 1 heterocycles. The van der Waals surface area contributed by atoms with Gasteiger partial charge in [0, 0.05) is 17.1 Å². The number of para-hydroxylation sites is 1. The zero-order valence-corrected chi connectivity index (χ0v) is 13.3. The lowest BCUT2D eigenvalue weighted by atomic mass is 10.2. The fourth-order valence-electron chi connectivity index (χ4n) is 2.04. The normalized spacial score (nSPS) is 11.0. The minimum Gasteiger partial charge on any atom is -0.485 e. The molecule has 0 saturated carbocycles. The van der Waals surface area contributed by atoms with Crippen molar-refractivity contribution in [2.24, 2.45) is 5.73 Å². The highest BCUT2D eigenvalue weighted by atomic mass is 35.5. The van der Waals surface area contributed by atoms with Crippen molar-refractivity contribution in [1.29, 1.82) is 0 Å². The molecule has 0 amide bonds. The van der Waals surface area contributed by atoms with Crippen LogP contribution in [0.4, 0.5) is 0 Å². The number of rotatable bonds is 4. The van der Waals surface area contributed by atoms with E-state index in [0.717, 1.165) is 20.8 Å². The summed E-state index contributed by atoms with van der Waals surface area (Å²) in [6.45, 7) is 0.670. The van der Waals surface area contributed by atoms with Gasteiger partial charge in [0.15, 0.2) is 0 Å². The molecule has 0 fully saturated rings. The van der Waals surface area contributed by atoms with Gasteiger partial charge in [0.05, 0.1) is 15.2 Å². The maximum atomic E-state index is 6.18. The summed E-state index contributed by atoms with van der Waals surface area (Å²) in [5, 5.41) is 1.90. The molecule has 0 bridgehead atoms. The highest BCUT2D eigenvalue weighted by Crippen LogP contribution is 2.33. The van der Waals surface area contributed by atoms with Gasteiger partial charge >= 0.3 is 0 Å². The van der Waals surface area contributed by atoms with Gasteiger partial charge in [-0.3, -0.25) is 0 Å². The first-order valence-electron chi connectivity index (χ1n) is 6.32. The monoisotopic (exact) mass is 338 g/mol. The fraction of sp³-hybridized carbons (Fsp3) is 0.133. The van der Waals surface area contributed by atoms with Gasteiger partial charge in [0.1, 0.15) is 17.4 Å². The van der Waals surface area contributed by atoms with Crippen LogP contribution in [0.3, 0.4) is 0 Å². The molecule has 108 valence electrons. The predicted octanol–water partition coefficient (Wildman–Crippen LogP) is 4.64. The molecule has 1 aromatic heterocycles. The number of benzene rings is 2. The van der Waals surface area contributed by atoms with E-state index in [1.54, 1.807) is 23.5 Å². The lowest BCUT2D eigenvalue weighted by Crippen LogP contribution is -2.03. The van der Waals surface area contributed by atoms with Crippen LogP contribution in [0.25, 0.3) is 10.2 Å². The number of hydrogen-bond donors (Lipinski definition) is 1. The molecule has 0 aliphatic carbocycles. The molecule has 0 radical (unpaired) electrons. The Morgan fingerprint density at radius 3 is 2.76 bits per heavy atom.